The molecule has 0 radical (unpaired) electrons. The number of Topliss-reactive ketones (excluding diaryl/α,β-unsaturated/α-hetero) is 1. The molecule has 9 aromatic rings. The number of carbonyl (C=O) groups is 6. The van der Waals surface area contributed by atoms with Crippen LogP contribution in [0, 0.1) is 29.1 Å². The van der Waals surface area contributed by atoms with Crippen molar-refractivity contribution >= 4 is 140 Å². The van der Waals surface area contributed by atoms with E-state index in [0.29, 0.717) is 88.7 Å². The molecule has 5 fully saturated rings. The van der Waals surface area contributed by atoms with Gasteiger partial charge in [0, 0.05) is 135 Å². The number of nitrogen functional groups attached to an aromatic ring is 1. The van der Waals surface area contributed by atoms with Crippen molar-refractivity contribution in [3.63, 3.8) is 0 Å². The van der Waals surface area contributed by atoms with Crippen molar-refractivity contribution in [3.8, 4) is 11.1 Å². The van der Waals surface area contributed by atoms with E-state index in [4.69, 9.17) is 108 Å². The number of fused-ring (bicyclic) bond motifs is 1. The van der Waals surface area contributed by atoms with Crippen LogP contribution in [-0.2, 0) is 59.3 Å². The molecule has 5 aliphatic heterocycles. The molecule has 2 amide bonds. The number of aliphatic hydroxyl groups excluding tert-OH is 1. The first-order chi connectivity index (χ1) is 62.4. The normalized spacial score (nSPS) is 16.8. The number of benzene rings is 2. The Kier molecular flexibility index (Phi) is 45.5. The van der Waals surface area contributed by atoms with E-state index < -0.39 is 66.8 Å². The van der Waals surface area contributed by atoms with Gasteiger partial charge in [-0.05, 0) is 208 Å². The van der Waals surface area contributed by atoms with E-state index in [1.165, 1.54) is 68.1 Å². The van der Waals surface area contributed by atoms with Crippen LogP contribution in [0.1, 0.15) is 143 Å². The number of ketones is 1. The number of amides is 2. The van der Waals surface area contributed by atoms with Crippen LogP contribution in [0.4, 0.5) is 54.4 Å². The second-order valence-corrected chi connectivity index (χ2v) is 35.0. The van der Waals surface area contributed by atoms with Gasteiger partial charge < -0.3 is 80.5 Å². The maximum atomic E-state index is 14.3. The number of pyridine rings is 7. The predicted molar refractivity (Wildman–Crippen MR) is 493 cm³/mol. The molecular formula is C89H108Cl6F5MnN17O14. The van der Waals surface area contributed by atoms with E-state index in [-0.39, 0.29) is 104 Å². The van der Waals surface area contributed by atoms with E-state index >= 15 is 0 Å². The topological polar surface area (TPSA) is 397 Å². The summed E-state index contributed by atoms with van der Waals surface area (Å²) in [5, 5.41) is 21.7. The number of hydrogen-bond acceptors (Lipinski definition) is 28. The van der Waals surface area contributed by atoms with Gasteiger partial charge in [0.25, 0.3) is 5.56 Å². The van der Waals surface area contributed by atoms with Gasteiger partial charge in [-0.25, -0.2) is 71.0 Å². The Hall–Kier alpha value is -10.1. The van der Waals surface area contributed by atoms with Gasteiger partial charge in [-0.15, -0.1) is 0 Å². The quantitative estimate of drug-likeness (QED) is 0.0131. The van der Waals surface area contributed by atoms with Crippen molar-refractivity contribution in [2.75, 3.05) is 121 Å². The Morgan fingerprint density at radius 3 is 1.48 bits per heavy atom. The first-order valence-corrected chi connectivity index (χ1v) is 44.7. The Balaban J connectivity index is 0.000000236. The van der Waals surface area contributed by atoms with Crippen LogP contribution in [0.15, 0.2) is 127 Å². The van der Waals surface area contributed by atoms with E-state index in [1.54, 1.807) is 58.7 Å². The third-order valence-corrected chi connectivity index (χ3v) is 20.8. The third-order valence-electron chi connectivity index (χ3n) is 19.5. The fourth-order valence-electron chi connectivity index (χ4n) is 13.4. The van der Waals surface area contributed by atoms with Crippen molar-refractivity contribution in [3.05, 3.63) is 220 Å². The summed E-state index contributed by atoms with van der Waals surface area (Å²) >= 11 is 33.5. The summed E-state index contributed by atoms with van der Waals surface area (Å²) in [7, 11) is 6.16. The number of aromatic nitrogens is 7. The van der Waals surface area contributed by atoms with Gasteiger partial charge in [0.15, 0.2) is 6.29 Å². The molecule has 0 saturated carbocycles. The number of hydrogen-bond donors (Lipinski definition) is 6. The first kappa shape index (κ1) is 111. The molecule has 31 nitrogen and oxygen atoms in total. The SMILES string of the molecule is CC(=O)Cc1c(F)cccc1F.CC(C)(C)OC(=O)N1CCC(N)C1.CCOC(=O)c1cnc(Cl)cc1Cl.CCOC(=O)c1cnc(Cl)cc1NC1CCN(C(=O)OC(C)(C)C)C1.CN1CCC(Nc2cc(Cl)ncc2C=O)C1.CN1CCC(Nc2cc(Cl)ncc2CO)C1.CN1CCC(n2c(=O)c(-c3c(F)cccc3F)cc3cnc(Cl)cc32)C1.Nc1ccc(F)cn1.[O]=[Mn]=[O]. The van der Waals surface area contributed by atoms with E-state index in [9.17, 15) is 60.6 Å². The fraction of sp³-hybridized carbons (Fsp3) is 0.427. The van der Waals surface area contributed by atoms with Gasteiger partial charge >= 0.3 is 46.6 Å². The number of esters is 2. The van der Waals surface area contributed by atoms with Crippen molar-refractivity contribution in [1.82, 2.24) is 59.0 Å². The van der Waals surface area contributed by atoms with Crippen molar-refractivity contribution in [2.45, 2.75) is 149 Å². The molecule has 0 aliphatic carbocycles. The summed E-state index contributed by atoms with van der Waals surface area (Å²) < 4.78 is 105. The molecule has 5 aliphatic rings. The van der Waals surface area contributed by atoms with Crippen LogP contribution in [-0.4, -0.2) is 235 Å². The van der Waals surface area contributed by atoms with E-state index in [0.717, 1.165) is 125 Å². The number of halogens is 11. The number of aliphatic hydroxyl groups is 1. The number of nitrogens with zero attached hydrogens (tertiary/aromatic N) is 12. The summed E-state index contributed by atoms with van der Waals surface area (Å²) in [6.07, 6.45) is 13.0. The summed E-state index contributed by atoms with van der Waals surface area (Å²) in [6, 6.07) is 20.2. The standard InChI is InChI=1S/C19H16ClF2N3O.C17H24ClN3O4.C11H16ClN3O.C11H14ClN3O.C9H8F2O.C9H18N2O2.C8H7Cl2NO2.C5H5FN2.Mn.2O/c1-24-6-5-12(10-24)25-16-8-17(20)23-9-11(16)7-13(19(25)26)18-14(21)3-2-4-15(18)22;1-5-24-15(22)12-9-19-14(18)8-13(12)20-11-6-7-21(10-11)16(23)25-17(2,3)4;2*1-15-3-2-9(6-15)14-10-4-11(12)13-5-8(10)7-16;1-6(12)5-7-8(10)3-2-4-9(7)11;1-9(2,3)13-8(12)11-5-4-7(10)6-11;1-2-13-8(12)5-4-11-7(10)3-6(5)9;6-4-1-2-5(7)8-3-4;;;/h2-4,7-9,12H,5-6,10H2,1H3;8-9,11H,5-7,10H2,1-4H3,(H,19,20);4-5,9,16H,2-3,6-7H2,1H3,(H,13,14);4-5,7,9H,2-3,6H2,1H3,(H,13,14);2-4H,5H2,1H3;7H,4-6,10H2,1-3H3;3-4H,2H2,1H3;1-3H,(H2,7,8);;;. The number of ether oxygens (including phenoxy) is 4. The van der Waals surface area contributed by atoms with Gasteiger partial charge in [0.1, 0.15) is 83.2 Å². The Morgan fingerprint density at radius 2 is 1.01 bits per heavy atom. The van der Waals surface area contributed by atoms with Crippen LogP contribution < -0.4 is 33.0 Å². The second kappa shape index (κ2) is 54.3. The number of anilines is 4. The maximum absolute atomic E-state index is 14.3. The van der Waals surface area contributed by atoms with Gasteiger partial charge in [0.2, 0.25) is 0 Å². The average molecular weight is 2000 g/mol. The summed E-state index contributed by atoms with van der Waals surface area (Å²) in [5.41, 5.74) is 13.7. The minimum absolute atomic E-state index is 0.00762. The predicted octanol–water partition coefficient (Wildman–Crippen LogP) is 16.4. The molecule has 8 N–H and O–H groups in total. The molecule has 132 heavy (non-hydrogen) atoms. The monoisotopic (exact) mass is 2000 g/mol. The Morgan fingerprint density at radius 1 is 0.553 bits per heavy atom. The molecule has 0 bridgehead atoms. The molecule has 5 atom stereocenters. The van der Waals surface area contributed by atoms with Crippen LogP contribution in [0.2, 0.25) is 30.8 Å². The third kappa shape index (κ3) is 37.0. The number of aldehydes is 1. The number of likely N-dealkylation sites (tertiary alicyclic amines) is 5. The molecule has 14 rings (SSSR count). The van der Waals surface area contributed by atoms with Crippen molar-refractivity contribution < 1.29 is 97.3 Å². The fourth-order valence-corrected chi connectivity index (χ4v) is 14.5. The molecule has 12 heterocycles. The number of rotatable bonds is 16. The summed E-state index contributed by atoms with van der Waals surface area (Å²) in [5.74, 6) is -4.08. The van der Waals surface area contributed by atoms with Crippen LogP contribution in [0.25, 0.3) is 22.0 Å². The molecule has 5 unspecified atom stereocenters. The number of carbonyl (C=O) groups excluding carboxylic acids is 6. The zero-order valence-electron chi connectivity index (χ0n) is 74.8. The molecular weight excluding hydrogens is 1890 g/mol. The molecule has 43 heteroatoms. The zero-order valence-corrected chi connectivity index (χ0v) is 80.5. The average Bonchev–Trinajstić information content (AvgIpc) is 1.08. The van der Waals surface area contributed by atoms with Crippen molar-refractivity contribution in [1.29, 1.82) is 0 Å². The van der Waals surface area contributed by atoms with Crippen LogP contribution in [0.3, 0.4) is 0 Å². The van der Waals surface area contributed by atoms with Gasteiger partial charge in [-0.3, -0.25) is 14.4 Å². The summed E-state index contributed by atoms with van der Waals surface area (Å²) in [4.78, 5) is 114. The Labute approximate surface area is 798 Å². The van der Waals surface area contributed by atoms with Gasteiger partial charge in [-0.2, -0.15) is 0 Å². The summed E-state index contributed by atoms with van der Waals surface area (Å²) in [6.45, 7) is 24.5. The number of nitrogens with one attached hydrogen (secondary N) is 3. The minimum atomic E-state index is -1.44. The number of nitrogens with two attached hydrogens (primary N) is 2. The van der Waals surface area contributed by atoms with Gasteiger partial charge in [0.05, 0.1) is 70.5 Å². The van der Waals surface area contributed by atoms with Crippen LogP contribution >= 0.6 is 69.6 Å². The van der Waals surface area contributed by atoms with Crippen LogP contribution in [0.5, 0.6) is 0 Å². The second-order valence-electron chi connectivity index (χ2n) is 32.5. The Bertz CT molecular complexity index is 5400. The van der Waals surface area contributed by atoms with Gasteiger partial charge in [-0.1, -0.05) is 81.7 Å². The molecule has 2 aromatic carbocycles. The molecule has 7 aromatic heterocycles. The van der Waals surface area contributed by atoms with Crippen molar-refractivity contribution in [2.24, 2.45) is 5.73 Å². The molecule has 717 valence electrons. The zero-order chi connectivity index (χ0) is 97.9. The first-order valence-electron chi connectivity index (χ1n) is 41.4. The number of likely N-dealkylation sites (N-methyl/N-ethyl adjacent to an activating group) is 3. The van der Waals surface area contributed by atoms with E-state index in [1.807, 2.05) is 48.6 Å². The molecule has 0 spiro atoms. The molecule has 5 saturated heterocycles. The van der Waals surface area contributed by atoms with E-state index in [2.05, 4.69) is 74.6 Å².